The lowest BCUT2D eigenvalue weighted by Gasteiger charge is -2.37. The number of hydrogen-bond donors (Lipinski definition) is 1. The van der Waals surface area contributed by atoms with Gasteiger partial charge in [-0.15, -0.1) is 9.60 Å². The Morgan fingerprint density at radius 3 is 2.79 bits per heavy atom. The molecular formula is C14H20BFN4O4. The van der Waals surface area contributed by atoms with Gasteiger partial charge in [0.05, 0.1) is 11.5 Å². The average molecular weight is 338 g/mol. The van der Waals surface area contributed by atoms with Gasteiger partial charge in [-0.3, -0.25) is 14.9 Å². The molecule has 2 rings (SSSR count). The summed E-state index contributed by atoms with van der Waals surface area (Å²) in [5, 5.41) is 21.1. The second-order valence-corrected chi connectivity index (χ2v) is 5.85. The molecule has 1 amide bonds. The number of carbonyl (C=O) groups excluding carboxylic acids is 1. The highest BCUT2D eigenvalue weighted by Crippen LogP contribution is 2.20. The Labute approximate surface area is 139 Å². The molecule has 1 heterocycles. The number of rotatable bonds is 5. The van der Waals surface area contributed by atoms with Crippen molar-refractivity contribution in [3.8, 4) is 0 Å². The molecule has 0 spiro atoms. The molecule has 0 bridgehead atoms. The fourth-order valence-corrected chi connectivity index (χ4v) is 2.73. The van der Waals surface area contributed by atoms with Gasteiger partial charge in [-0.25, -0.2) is 0 Å². The van der Waals surface area contributed by atoms with Gasteiger partial charge >= 0.3 is 7.05 Å². The van der Waals surface area contributed by atoms with Crippen LogP contribution in [0.1, 0.15) is 5.56 Å². The van der Waals surface area contributed by atoms with E-state index in [9.17, 15) is 24.4 Å². The van der Waals surface area contributed by atoms with E-state index in [1.54, 1.807) is 29.8 Å². The first-order valence-electron chi connectivity index (χ1n) is 7.63. The molecule has 1 aromatic rings. The molecule has 24 heavy (non-hydrogen) atoms. The van der Waals surface area contributed by atoms with Crippen molar-refractivity contribution in [3.63, 3.8) is 0 Å². The van der Waals surface area contributed by atoms with Crippen molar-refractivity contribution in [2.45, 2.75) is 19.4 Å². The third-order valence-corrected chi connectivity index (χ3v) is 4.13. The summed E-state index contributed by atoms with van der Waals surface area (Å²) in [7, 11) is 0.711. The van der Waals surface area contributed by atoms with E-state index in [-0.39, 0.29) is 25.3 Å². The Hall–Kier alpha value is -2.04. The van der Waals surface area contributed by atoms with Crippen molar-refractivity contribution in [2.24, 2.45) is 0 Å². The molecule has 0 aliphatic carbocycles. The van der Waals surface area contributed by atoms with Gasteiger partial charge in [0.25, 0.3) is 5.69 Å². The number of nitro groups is 1. The molecule has 1 aromatic carbocycles. The van der Waals surface area contributed by atoms with Crippen molar-refractivity contribution in [2.75, 3.05) is 26.7 Å². The van der Waals surface area contributed by atoms with Crippen LogP contribution in [0.5, 0.6) is 0 Å². The summed E-state index contributed by atoms with van der Waals surface area (Å²) in [6, 6.07) is 5.09. The molecule has 1 aliphatic heterocycles. The Kier molecular flexibility index (Phi) is 5.87. The van der Waals surface area contributed by atoms with Gasteiger partial charge in [0.15, 0.2) is 0 Å². The second kappa shape index (κ2) is 7.69. The summed E-state index contributed by atoms with van der Waals surface area (Å²) in [5.74, 6) is -0.485. The SMILES string of the molecule is CB(O)N1CCN(F)C(C(=O)N(C)Cc2ccccc2[N+](=O)[O-])C1. The van der Waals surface area contributed by atoms with Crippen molar-refractivity contribution in [1.29, 1.82) is 0 Å². The van der Waals surface area contributed by atoms with Crippen LogP contribution in [0.15, 0.2) is 24.3 Å². The van der Waals surface area contributed by atoms with Gasteiger partial charge in [0.2, 0.25) is 5.91 Å². The summed E-state index contributed by atoms with van der Waals surface area (Å²) in [6.07, 6.45) is 0. The maximum Gasteiger partial charge on any atom is 0.376 e. The fraction of sp³-hybridized carbons (Fsp3) is 0.500. The monoisotopic (exact) mass is 338 g/mol. The predicted octanol–water partition coefficient (Wildman–Crippen LogP) is 0.534. The first kappa shape index (κ1) is 18.3. The van der Waals surface area contributed by atoms with Crippen molar-refractivity contribution in [1.82, 2.24) is 14.8 Å². The standard InChI is InChI=1S/C14H20BFN4O4/c1-15(22)18-7-8-19(16)13(10-18)14(21)17(2)9-11-5-3-4-6-12(11)20(23)24/h3-6,13,22H,7-10H2,1-2H3. The number of nitro benzene ring substituents is 1. The van der Waals surface area contributed by atoms with Crippen LogP contribution < -0.4 is 0 Å². The lowest BCUT2D eigenvalue weighted by Crippen LogP contribution is -2.59. The van der Waals surface area contributed by atoms with Gasteiger partial charge in [-0.2, -0.15) is 0 Å². The number of amides is 1. The van der Waals surface area contributed by atoms with Crippen LogP contribution in [0, 0.1) is 10.1 Å². The minimum atomic E-state index is -1.04. The van der Waals surface area contributed by atoms with Crippen molar-refractivity contribution >= 4 is 18.6 Å². The molecule has 0 saturated carbocycles. The van der Waals surface area contributed by atoms with E-state index in [1.807, 2.05) is 0 Å². The topological polar surface area (TPSA) is 90.2 Å². The minimum Gasteiger partial charge on any atom is -0.437 e. The van der Waals surface area contributed by atoms with Gasteiger partial charge in [0, 0.05) is 38.3 Å². The summed E-state index contributed by atoms with van der Waals surface area (Å²) < 4.78 is 14.0. The van der Waals surface area contributed by atoms with Crippen LogP contribution in [0.25, 0.3) is 0 Å². The maximum absolute atomic E-state index is 14.0. The second-order valence-electron chi connectivity index (χ2n) is 5.85. The van der Waals surface area contributed by atoms with Gasteiger partial charge < -0.3 is 14.7 Å². The Morgan fingerprint density at radius 2 is 2.17 bits per heavy atom. The summed E-state index contributed by atoms with van der Waals surface area (Å²) >= 11 is 0. The van der Waals surface area contributed by atoms with Crippen LogP contribution in [-0.4, -0.2) is 70.5 Å². The summed E-state index contributed by atoms with van der Waals surface area (Å²) in [4.78, 5) is 25.9. The van der Waals surface area contributed by atoms with Crippen LogP contribution in [0.3, 0.4) is 0 Å². The van der Waals surface area contributed by atoms with E-state index >= 15 is 0 Å². The Morgan fingerprint density at radius 1 is 1.50 bits per heavy atom. The third kappa shape index (κ3) is 4.08. The van der Waals surface area contributed by atoms with E-state index in [0.29, 0.717) is 17.2 Å². The molecule has 1 unspecified atom stereocenters. The molecule has 130 valence electrons. The molecule has 1 saturated heterocycles. The number of likely N-dealkylation sites (N-methyl/N-ethyl adjacent to an activating group) is 1. The van der Waals surface area contributed by atoms with Gasteiger partial charge in [-0.1, -0.05) is 18.2 Å². The molecule has 1 N–H and O–H groups in total. The molecule has 1 fully saturated rings. The smallest absolute Gasteiger partial charge is 0.376 e. The quantitative estimate of drug-likeness (QED) is 0.365. The zero-order valence-corrected chi connectivity index (χ0v) is 13.6. The highest BCUT2D eigenvalue weighted by molar-refractivity contribution is 6.45. The van der Waals surface area contributed by atoms with Crippen LogP contribution in [0.2, 0.25) is 6.82 Å². The molecular weight excluding hydrogens is 318 g/mol. The van der Waals surface area contributed by atoms with E-state index < -0.39 is 23.9 Å². The van der Waals surface area contributed by atoms with Gasteiger partial charge in [0.1, 0.15) is 6.04 Å². The average Bonchev–Trinajstić information content (AvgIpc) is 2.54. The van der Waals surface area contributed by atoms with E-state index in [1.165, 1.54) is 18.0 Å². The zero-order chi connectivity index (χ0) is 17.9. The number of hydrogen-bond acceptors (Lipinski definition) is 6. The third-order valence-electron chi connectivity index (χ3n) is 4.13. The largest absolute Gasteiger partial charge is 0.437 e. The first-order valence-corrected chi connectivity index (χ1v) is 7.63. The number of benzene rings is 1. The number of piperazine rings is 1. The predicted molar refractivity (Wildman–Crippen MR) is 86.6 cm³/mol. The normalized spacial score (nSPS) is 19.1. The van der Waals surface area contributed by atoms with E-state index in [4.69, 9.17) is 0 Å². The first-order chi connectivity index (χ1) is 11.3. The Bertz CT molecular complexity index is 618. The summed E-state index contributed by atoms with van der Waals surface area (Å²) in [6.45, 7) is 1.97. The molecule has 0 radical (unpaired) electrons. The summed E-state index contributed by atoms with van der Waals surface area (Å²) in [5.41, 5.74) is 0.301. The highest BCUT2D eigenvalue weighted by Gasteiger charge is 2.36. The van der Waals surface area contributed by atoms with E-state index in [2.05, 4.69) is 0 Å². The van der Waals surface area contributed by atoms with Gasteiger partial charge in [-0.05, 0) is 6.82 Å². The van der Waals surface area contributed by atoms with Crippen molar-refractivity contribution in [3.05, 3.63) is 39.9 Å². The van der Waals surface area contributed by atoms with E-state index in [0.717, 1.165) is 0 Å². The lowest BCUT2D eigenvalue weighted by molar-refractivity contribution is -0.385. The lowest BCUT2D eigenvalue weighted by atomic mass is 9.83. The molecule has 1 atom stereocenters. The van der Waals surface area contributed by atoms with Crippen molar-refractivity contribution < 1.29 is 19.2 Å². The Balaban J connectivity index is 2.10. The zero-order valence-electron chi connectivity index (χ0n) is 13.6. The van der Waals surface area contributed by atoms with Crippen LogP contribution >= 0.6 is 0 Å². The maximum atomic E-state index is 14.0. The molecule has 0 aromatic heterocycles. The molecule has 8 nitrogen and oxygen atoms in total. The number of nitrogens with zero attached hydrogens (tertiary/aromatic N) is 4. The van der Waals surface area contributed by atoms with Crippen LogP contribution in [0.4, 0.5) is 10.2 Å². The highest BCUT2D eigenvalue weighted by atomic mass is 19.2. The molecule has 1 aliphatic rings. The van der Waals surface area contributed by atoms with Crippen LogP contribution in [-0.2, 0) is 11.3 Å². The number of para-hydroxylation sites is 1. The fourth-order valence-electron chi connectivity index (χ4n) is 2.73. The minimum absolute atomic E-state index is 0.00893. The molecule has 10 heteroatoms. The number of carbonyl (C=O) groups is 1. The number of halogens is 1.